The third kappa shape index (κ3) is 2.01. The largest absolute Gasteiger partial charge is 0.268 e. The Morgan fingerprint density at radius 3 is 2.55 bits per heavy atom. The molecule has 0 unspecified atom stereocenters. The van der Waals surface area contributed by atoms with Gasteiger partial charge in [0.1, 0.15) is 0 Å². The molecule has 3 rings (SSSR count). The van der Waals surface area contributed by atoms with E-state index in [1.165, 1.54) is 3.97 Å². The van der Waals surface area contributed by atoms with Crippen molar-refractivity contribution in [2.75, 3.05) is 0 Å². The number of hydrogen-bond donors (Lipinski definition) is 0. The summed E-state index contributed by atoms with van der Waals surface area (Å²) in [6.45, 7) is 1.78. The van der Waals surface area contributed by atoms with Gasteiger partial charge in [0.05, 0.1) is 10.4 Å². The number of hydrogen-bond acceptors (Lipinski definition) is 2. The Morgan fingerprint density at radius 1 is 1.05 bits per heavy atom. The summed E-state index contributed by atoms with van der Waals surface area (Å²) in [4.78, 5) is 0.303. The summed E-state index contributed by atoms with van der Waals surface area (Å²) < 4.78 is 26.8. The molecule has 0 spiro atoms. The molecule has 1 aromatic heterocycles. The van der Waals surface area contributed by atoms with Gasteiger partial charge in [-0.2, -0.15) is 0 Å². The zero-order valence-corrected chi connectivity index (χ0v) is 12.3. The van der Waals surface area contributed by atoms with E-state index in [9.17, 15) is 8.42 Å². The molecule has 0 radical (unpaired) electrons. The summed E-state index contributed by atoms with van der Waals surface area (Å²) >= 11 is 5.97. The molecule has 0 aliphatic rings. The van der Waals surface area contributed by atoms with Gasteiger partial charge in [-0.15, -0.1) is 0 Å². The number of rotatable bonds is 2. The fourth-order valence-corrected chi connectivity index (χ4v) is 3.98. The minimum Gasteiger partial charge on any atom is -0.241 e. The smallest absolute Gasteiger partial charge is 0.241 e. The number of benzene rings is 2. The van der Waals surface area contributed by atoms with E-state index in [1.807, 2.05) is 12.1 Å². The van der Waals surface area contributed by atoms with Gasteiger partial charge < -0.3 is 0 Å². The number of aromatic nitrogens is 1. The topological polar surface area (TPSA) is 39.1 Å². The van der Waals surface area contributed by atoms with Gasteiger partial charge in [-0.3, -0.25) is 0 Å². The summed E-state index contributed by atoms with van der Waals surface area (Å²) in [5.74, 6) is 0. The van der Waals surface area contributed by atoms with Crippen LogP contribution >= 0.6 is 11.6 Å². The van der Waals surface area contributed by atoms with Crippen molar-refractivity contribution in [2.45, 2.75) is 11.8 Å². The third-order valence-corrected chi connectivity index (χ3v) is 5.34. The van der Waals surface area contributed by atoms with Crippen LogP contribution in [0.2, 0.25) is 5.02 Å². The molecule has 0 N–H and O–H groups in total. The van der Waals surface area contributed by atoms with Gasteiger partial charge >= 0.3 is 0 Å². The van der Waals surface area contributed by atoms with Crippen molar-refractivity contribution in [3.63, 3.8) is 0 Å². The number of nitrogens with zero attached hydrogens (tertiary/aromatic N) is 1. The number of halogens is 1. The summed E-state index contributed by atoms with van der Waals surface area (Å²) in [7, 11) is -3.61. The van der Waals surface area contributed by atoms with Crippen molar-refractivity contribution in [1.29, 1.82) is 0 Å². The van der Waals surface area contributed by atoms with Gasteiger partial charge in [0.15, 0.2) is 0 Å². The first-order valence-corrected chi connectivity index (χ1v) is 7.90. The second-order valence-electron chi connectivity index (χ2n) is 4.59. The maximum atomic E-state index is 12.8. The maximum Gasteiger partial charge on any atom is 0.268 e. The first-order chi connectivity index (χ1) is 9.50. The third-order valence-electron chi connectivity index (χ3n) is 3.25. The monoisotopic (exact) mass is 305 g/mol. The van der Waals surface area contributed by atoms with E-state index in [0.717, 1.165) is 10.9 Å². The normalized spacial score (nSPS) is 11.9. The molecule has 102 valence electrons. The summed E-state index contributed by atoms with van der Waals surface area (Å²) in [6, 6.07) is 13.9. The Labute approximate surface area is 122 Å². The van der Waals surface area contributed by atoms with Crippen molar-refractivity contribution in [3.05, 3.63) is 65.3 Å². The summed E-state index contributed by atoms with van der Waals surface area (Å²) in [5, 5.41) is 1.35. The highest BCUT2D eigenvalue weighted by Crippen LogP contribution is 2.26. The molecule has 0 bridgehead atoms. The average Bonchev–Trinajstić information content (AvgIpc) is 2.82. The fraction of sp³-hybridized carbons (Fsp3) is 0.0667. The van der Waals surface area contributed by atoms with Crippen LogP contribution in [-0.4, -0.2) is 12.4 Å². The first kappa shape index (κ1) is 13.2. The van der Waals surface area contributed by atoms with E-state index in [1.54, 1.807) is 49.5 Å². The van der Waals surface area contributed by atoms with Gasteiger partial charge in [0.2, 0.25) is 0 Å². The zero-order valence-electron chi connectivity index (χ0n) is 10.7. The van der Waals surface area contributed by atoms with Gasteiger partial charge in [0, 0.05) is 16.6 Å². The lowest BCUT2D eigenvalue weighted by Gasteiger charge is -2.10. The van der Waals surface area contributed by atoms with E-state index in [4.69, 9.17) is 11.6 Å². The van der Waals surface area contributed by atoms with Crippen LogP contribution in [0.4, 0.5) is 0 Å². The Balaban J connectivity index is 2.30. The SMILES string of the molecule is Cc1ccccc1S(=O)(=O)n1ccc2ccc(Cl)cc21. The molecule has 0 aliphatic heterocycles. The Bertz CT molecular complexity index is 897. The molecule has 0 amide bonds. The van der Waals surface area contributed by atoms with E-state index < -0.39 is 10.0 Å². The highest BCUT2D eigenvalue weighted by molar-refractivity contribution is 7.90. The van der Waals surface area contributed by atoms with Crippen molar-refractivity contribution < 1.29 is 8.42 Å². The first-order valence-electron chi connectivity index (χ1n) is 6.08. The lowest BCUT2D eigenvalue weighted by molar-refractivity contribution is 0.588. The zero-order chi connectivity index (χ0) is 14.3. The van der Waals surface area contributed by atoms with Crippen molar-refractivity contribution in [1.82, 2.24) is 3.97 Å². The highest BCUT2D eigenvalue weighted by Gasteiger charge is 2.20. The second-order valence-corrected chi connectivity index (χ2v) is 6.81. The van der Waals surface area contributed by atoms with Crippen LogP contribution in [0, 0.1) is 6.92 Å². The van der Waals surface area contributed by atoms with Crippen molar-refractivity contribution >= 4 is 32.5 Å². The summed E-state index contributed by atoms with van der Waals surface area (Å²) in [5.41, 5.74) is 1.30. The van der Waals surface area contributed by atoms with Gasteiger partial charge in [0.25, 0.3) is 10.0 Å². The quantitative estimate of drug-likeness (QED) is 0.721. The van der Waals surface area contributed by atoms with E-state index in [0.29, 0.717) is 15.4 Å². The molecule has 0 fully saturated rings. The van der Waals surface area contributed by atoms with Crippen LogP contribution < -0.4 is 0 Å². The van der Waals surface area contributed by atoms with Crippen LogP contribution in [0.5, 0.6) is 0 Å². The number of aryl methyl sites for hydroxylation is 1. The van der Waals surface area contributed by atoms with Crippen LogP contribution in [-0.2, 0) is 10.0 Å². The van der Waals surface area contributed by atoms with Crippen LogP contribution in [0.25, 0.3) is 10.9 Å². The standard InChI is InChI=1S/C15H12ClNO2S/c1-11-4-2-3-5-15(11)20(18,19)17-9-8-12-6-7-13(16)10-14(12)17/h2-10H,1H3. The Hall–Kier alpha value is -1.78. The van der Waals surface area contributed by atoms with E-state index in [-0.39, 0.29) is 0 Å². The molecule has 0 saturated heterocycles. The lowest BCUT2D eigenvalue weighted by Crippen LogP contribution is -2.13. The predicted molar refractivity (Wildman–Crippen MR) is 80.7 cm³/mol. The lowest BCUT2D eigenvalue weighted by atomic mass is 10.2. The molecule has 5 heteroatoms. The van der Waals surface area contributed by atoms with E-state index >= 15 is 0 Å². The molecule has 3 nitrogen and oxygen atoms in total. The molecule has 0 atom stereocenters. The van der Waals surface area contributed by atoms with Crippen molar-refractivity contribution in [3.8, 4) is 0 Å². The fourth-order valence-electron chi connectivity index (χ4n) is 2.24. The van der Waals surface area contributed by atoms with Crippen molar-refractivity contribution in [2.24, 2.45) is 0 Å². The maximum absolute atomic E-state index is 12.8. The molecule has 0 saturated carbocycles. The summed E-state index contributed by atoms with van der Waals surface area (Å²) in [6.07, 6.45) is 1.56. The van der Waals surface area contributed by atoms with Crippen LogP contribution in [0.3, 0.4) is 0 Å². The minimum atomic E-state index is -3.61. The molecular formula is C15H12ClNO2S. The molecule has 1 heterocycles. The molecular weight excluding hydrogens is 294 g/mol. The van der Waals surface area contributed by atoms with Crippen LogP contribution in [0.1, 0.15) is 5.56 Å². The highest BCUT2D eigenvalue weighted by atomic mass is 35.5. The molecule has 0 aliphatic carbocycles. The van der Waals surface area contributed by atoms with Gasteiger partial charge in [-0.25, -0.2) is 12.4 Å². The van der Waals surface area contributed by atoms with E-state index in [2.05, 4.69) is 0 Å². The average molecular weight is 306 g/mol. The molecule has 2 aromatic carbocycles. The number of fused-ring (bicyclic) bond motifs is 1. The minimum absolute atomic E-state index is 0.303. The second kappa shape index (κ2) is 4.65. The predicted octanol–water partition coefficient (Wildman–Crippen LogP) is 3.84. The Morgan fingerprint density at radius 2 is 1.80 bits per heavy atom. The van der Waals surface area contributed by atoms with Crippen LogP contribution in [0.15, 0.2) is 59.6 Å². The molecule has 3 aromatic rings. The Kier molecular flexibility index (Phi) is 3.07. The van der Waals surface area contributed by atoms with Gasteiger partial charge in [-0.1, -0.05) is 35.9 Å². The van der Waals surface area contributed by atoms with Gasteiger partial charge in [-0.05, 0) is 36.8 Å². The molecule has 20 heavy (non-hydrogen) atoms.